The summed E-state index contributed by atoms with van der Waals surface area (Å²) in [6, 6.07) is 14.9. The van der Waals surface area contributed by atoms with Crippen LogP contribution >= 0.6 is 0 Å². The zero-order valence-corrected chi connectivity index (χ0v) is 12.7. The van der Waals surface area contributed by atoms with Crippen molar-refractivity contribution in [3.05, 3.63) is 71.9 Å². The third kappa shape index (κ3) is 3.21. The van der Waals surface area contributed by atoms with Gasteiger partial charge < -0.3 is 10.3 Å². The van der Waals surface area contributed by atoms with Gasteiger partial charge in [0, 0.05) is 28.7 Å². The number of para-hydroxylation sites is 2. The number of ketones is 1. The van der Waals surface area contributed by atoms with Crippen molar-refractivity contribution in [2.24, 2.45) is 0 Å². The summed E-state index contributed by atoms with van der Waals surface area (Å²) in [7, 11) is 0. The first-order chi connectivity index (χ1) is 11.1. The second kappa shape index (κ2) is 6.32. The van der Waals surface area contributed by atoms with Gasteiger partial charge in [-0.1, -0.05) is 30.3 Å². The summed E-state index contributed by atoms with van der Waals surface area (Å²) in [6.45, 7) is 1.48. The van der Waals surface area contributed by atoms with Gasteiger partial charge >= 0.3 is 0 Å². The highest BCUT2D eigenvalue weighted by molar-refractivity contribution is 6.08. The van der Waals surface area contributed by atoms with E-state index in [2.05, 4.69) is 10.3 Å². The summed E-state index contributed by atoms with van der Waals surface area (Å²) in [6.07, 6.45) is 5.08. The number of nitrogens with one attached hydrogen (secondary N) is 2. The minimum Gasteiger partial charge on any atom is -0.361 e. The molecule has 0 spiro atoms. The summed E-state index contributed by atoms with van der Waals surface area (Å²) in [5, 5.41) is 3.80. The van der Waals surface area contributed by atoms with Crippen molar-refractivity contribution < 1.29 is 9.59 Å². The van der Waals surface area contributed by atoms with Crippen molar-refractivity contribution in [3.63, 3.8) is 0 Å². The number of hydrogen-bond donors (Lipinski definition) is 2. The number of carbonyl (C=O) groups is 2. The molecule has 0 atom stereocenters. The highest BCUT2D eigenvalue weighted by Gasteiger charge is 2.08. The van der Waals surface area contributed by atoms with Gasteiger partial charge in [0.25, 0.3) is 0 Å². The Bertz CT molecular complexity index is 906. The van der Waals surface area contributed by atoms with Gasteiger partial charge in [0.05, 0.1) is 5.69 Å². The van der Waals surface area contributed by atoms with Gasteiger partial charge in [-0.25, -0.2) is 0 Å². The maximum Gasteiger partial charge on any atom is 0.248 e. The fourth-order valence-electron chi connectivity index (χ4n) is 2.47. The maximum atomic E-state index is 12.1. The topological polar surface area (TPSA) is 62.0 Å². The minimum absolute atomic E-state index is 0.0819. The normalized spacial score (nSPS) is 11.0. The van der Waals surface area contributed by atoms with E-state index in [9.17, 15) is 9.59 Å². The molecule has 0 aliphatic heterocycles. The van der Waals surface area contributed by atoms with E-state index in [0.717, 1.165) is 16.5 Å². The molecule has 23 heavy (non-hydrogen) atoms. The number of aromatic amines is 1. The van der Waals surface area contributed by atoms with E-state index < -0.39 is 0 Å². The number of fused-ring (bicyclic) bond motifs is 1. The van der Waals surface area contributed by atoms with Gasteiger partial charge in [0.1, 0.15) is 0 Å². The van der Waals surface area contributed by atoms with Crippen LogP contribution in [0.4, 0.5) is 5.69 Å². The van der Waals surface area contributed by atoms with E-state index in [4.69, 9.17) is 0 Å². The molecule has 0 saturated heterocycles. The Morgan fingerprint density at radius 3 is 2.61 bits per heavy atom. The van der Waals surface area contributed by atoms with E-state index in [-0.39, 0.29) is 11.7 Å². The standard InChI is InChI=1S/C19H16N2O2/c1-13(22)15-6-2-5-9-18(15)21-19(23)11-10-14-12-20-17-8-4-3-7-16(14)17/h2-12,20H,1H3,(H,21,23)/b11-10+. The van der Waals surface area contributed by atoms with Crippen molar-refractivity contribution >= 4 is 34.4 Å². The molecule has 2 aromatic carbocycles. The molecule has 0 fully saturated rings. The van der Waals surface area contributed by atoms with Crippen LogP contribution in [0.3, 0.4) is 0 Å². The number of aromatic nitrogens is 1. The van der Waals surface area contributed by atoms with Crippen LogP contribution in [0.1, 0.15) is 22.8 Å². The summed E-state index contributed by atoms with van der Waals surface area (Å²) < 4.78 is 0. The van der Waals surface area contributed by atoms with Crippen molar-refractivity contribution in [3.8, 4) is 0 Å². The molecule has 2 N–H and O–H groups in total. The summed E-state index contributed by atoms with van der Waals surface area (Å²) in [5.41, 5.74) is 2.99. The third-order valence-corrected chi connectivity index (χ3v) is 3.60. The molecule has 4 heteroatoms. The van der Waals surface area contributed by atoms with E-state index in [1.54, 1.807) is 30.3 Å². The number of benzene rings is 2. The molecule has 0 unspecified atom stereocenters. The molecule has 4 nitrogen and oxygen atoms in total. The van der Waals surface area contributed by atoms with Crippen LogP contribution in [-0.4, -0.2) is 16.7 Å². The van der Waals surface area contributed by atoms with Crippen LogP contribution < -0.4 is 5.32 Å². The van der Waals surface area contributed by atoms with Gasteiger partial charge in [-0.2, -0.15) is 0 Å². The molecule has 1 amide bonds. The number of anilines is 1. The predicted octanol–water partition coefficient (Wildman–Crippen LogP) is 4.02. The quantitative estimate of drug-likeness (QED) is 0.565. The van der Waals surface area contributed by atoms with Crippen LogP contribution in [-0.2, 0) is 4.79 Å². The highest BCUT2D eigenvalue weighted by Crippen LogP contribution is 2.19. The molecule has 3 rings (SSSR count). The van der Waals surface area contributed by atoms with E-state index >= 15 is 0 Å². The second-order valence-corrected chi connectivity index (χ2v) is 5.21. The molecular weight excluding hydrogens is 288 g/mol. The average molecular weight is 304 g/mol. The van der Waals surface area contributed by atoms with Crippen LogP contribution in [0.15, 0.2) is 60.8 Å². The number of amides is 1. The molecular formula is C19H16N2O2. The van der Waals surface area contributed by atoms with Gasteiger partial charge in [0.2, 0.25) is 5.91 Å². The SMILES string of the molecule is CC(=O)c1ccccc1NC(=O)/C=C/c1c[nH]c2ccccc12. The van der Waals surface area contributed by atoms with Gasteiger partial charge in [0.15, 0.2) is 5.78 Å². The number of H-pyrrole nitrogens is 1. The minimum atomic E-state index is -0.274. The Kier molecular flexibility index (Phi) is 4.06. The lowest BCUT2D eigenvalue weighted by molar-refractivity contribution is -0.111. The Hall–Kier alpha value is -3.14. The number of carbonyl (C=O) groups excluding carboxylic acids is 2. The van der Waals surface area contributed by atoms with E-state index in [0.29, 0.717) is 11.3 Å². The Morgan fingerprint density at radius 1 is 1.04 bits per heavy atom. The lowest BCUT2D eigenvalue weighted by Gasteiger charge is -2.06. The van der Waals surface area contributed by atoms with Crippen molar-refractivity contribution in [1.29, 1.82) is 0 Å². The Labute approximate surface area is 133 Å². The monoisotopic (exact) mass is 304 g/mol. The number of hydrogen-bond acceptors (Lipinski definition) is 2. The largest absolute Gasteiger partial charge is 0.361 e. The first-order valence-corrected chi connectivity index (χ1v) is 7.30. The molecule has 114 valence electrons. The smallest absolute Gasteiger partial charge is 0.248 e. The van der Waals surface area contributed by atoms with E-state index in [1.165, 1.54) is 13.0 Å². The van der Waals surface area contributed by atoms with Gasteiger partial charge in [-0.3, -0.25) is 9.59 Å². The zero-order chi connectivity index (χ0) is 16.2. The van der Waals surface area contributed by atoms with Crippen LogP contribution in [0.25, 0.3) is 17.0 Å². The molecule has 1 aromatic heterocycles. The third-order valence-electron chi connectivity index (χ3n) is 3.60. The lowest BCUT2D eigenvalue weighted by atomic mass is 10.1. The summed E-state index contributed by atoms with van der Waals surface area (Å²) in [5.74, 6) is -0.356. The molecule has 0 radical (unpaired) electrons. The Balaban J connectivity index is 1.79. The van der Waals surface area contributed by atoms with Crippen molar-refractivity contribution in [2.45, 2.75) is 6.92 Å². The maximum absolute atomic E-state index is 12.1. The lowest BCUT2D eigenvalue weighted by Crippen LogP contribution is -2.11. The first-order valence-electron chi connectivity index (χ1n) is 7.30. The molecule has 3 aromatic rings. The fourth-order valence-corrected chi connectivity index (χ4v) is 2.47. The van der Waals surface area contributed by atoms with E-state index in [1.807, 2.05) is 30.5 Å². The molecule has 0 aliphatic carbocycles. The fraction of sp³-hybridized carbons (Fsp3) is 0.0526. The van der Waals surface area contributed by atoms with Crippen LogP contribution in [0, 0.1) is 0 Å². The zero-order valence-electron chi connectivity index (χ0n) is 12.7. The van der Waals surface area contributed by atoms with Crippen LogP contribution in [0.2, 0.25) is 0 Å². The molecule has 1 heterocycles. The molecule has 0 bridgehead atoms. The second-order valence-electron chi connectivity index (χ2n) is 5.21. The van der Waals surface area contributed by atoms with Gasteiger partial charge in [-0.05, 0) is 36.8 Å². The predicted molar refractivity (Wildman–Crippen MR) is 92.4 cm³/mol. The molecule has 0 saturated carbocycles. The first kappa shape index (κ1) is 14.8. The summed E-state index contributed by atoms with van der Waals surface area (Å²) >= 11 is 0. The van der Waals surface area contributed by atoms with Crippen LogP contribution in [0.5, 0.6) is 0 Å². The Morgan fingerprint density at radius 2 is 1.78 bits per heavy atom. The summed E-state index contributed by atoms with van der Waals surface area (Å²) in [4.78, 5) is 26.8. The highest BCUT2D eigenvalue weighted by atomic mass is 16.1. The molecule has 0 aliphatic rings. The number of Topliss-reactive ketones (excluding diaryl/α,β-unsaturated/α-hetero) is 1. The van der Waals surface area contributed by atoms with Gasteiger partial charge in [-0.15, -0.1) is 0 Å². The van der Waals surface area contributed by atoms with Crippen molar-refractivity contribution in [2.75, 3.05) is 5.32 Å². The average Bonchev–Trinajstić information content (AvgIpc) is 2.96. The van der Waals surface area contributed by atoms with Crippen molar-refractivity contribution in [1.82, 2.24) is 4.98 Å². The number of rotatable bonds is 4.